The van der Waals surface area contributed by atoms with Crippen molar-refractivity contribution in [2.45, 2.75) is 0 Å². The molecule has 1 aromatic carbocycles. The highest BCUT2D eigenvalue weighted by Gasteiger charge is 2.25. The number of ether oxygens (including phenoxy) is 1. The Kier molecular flexibility index (Phi) is 4.66. The highest BCUT2D eigenvalue weighted by molar-refractivity contribution is 7.23. The summed E-state index contributed by atoms with van der Waals surface area (Å²) in [5, 5.41) is 13.3. The molecule has 0 aliphatic carbocycles. The summed E-state index contributed by atoms with van der Waals surface area (Å²) in [5.74, 6) is 0.728. The third-order valence-electron chi connectivity index (χ3n) is 4.81. The molecule has 0 atom stereocenters. The van der Waals surface area contributed by atoms with Gasteiger partial charge in [-0.3, -0.25) is 10.1 Å². The van der Waals surface area contributed by atoms with E-state index >= 15 is 0 Å². The highest BCUT2D eigenvalue weighted by Crippen LogP contribution is 2.43. The van der Waals surface area contributed by atoms with Crippen molar-refractivity contribution in [3.8, 4) is 23.1 Å². The van der Waals surface area contributed by atoms with Gasteiger partial charge in [0.25, 0.3) is 5.91 Å². The predicted octanol–water partition coefficient (Wildman–Crippen LogP) is 4.46. The maximum Gasteiger partial charge on any atom is 0.269 e. The van der Waals surface area contributed by atoms with Gasteiger partial charge in [0, 0.05) is 5.39 Å². The molecule has 0 unspecified atom stereocenters. The molecule has 1 amide bonds. The Morgan fingerprint density at radius 3 is 2.81 bits per heavy atom. The van der Waals surface area contributed by atoms with Gasteiger partial charge in [0.2, 0.25) is 0 Å². The summed E-state index contributed by atoms with van der Waals surface area (Å²) in [7, 11) is 1.59. The third-order valence-corrected chi connectivity index (χ3v) is 6.84. The van der Waals surface area contributed by atoms with Crippen LogP contribution >= 0.6 is 22.7 Å². The van der Waals surface area contributed by atoms with Crippen molar-refractivity contribution in [1.82, 2.24) is 9.97 Å². The number of carbonyl (C=O) groups excluding carboxylic acids is 1. The van der Waals surface area contributed by atoms with Crippen LogP contribution in [-0.4, -0.2) is 23.0 Å². The van der Waals surface area contributed by atoms with Crippen LogP contribution in [0.4, 0.5) is 16.6 Å². The van der Waals surface area contributed by atoms with Gasteiger partial charge in [0.05, 0.1) is 34.8 Å². The lowest BCUT2D eigenvalue weighted by atomic mass is 10.0. The summed E-state index contributed by atoms with van der Waals surface area (Å²) in [4.78, 5) is 22.5. The van der Waals surface area contributed by atoms with E-state index in [1.165, 1.54) is 17.6 Å². The van der Waals surface area contributed by atoms with Crippen LogP contribution < -0.4 is 21.5 Å². The lowest BCUT2D eigenvalue weighted by Gasteiger charge is -2.06. The number of hydrogen-bond acceptors (Lipinski definition) is 10. The van der Waals surface area contributed by atoms with Crippen molar-refractivity contribution in [3.05, 3.63) is 47.0 Å². The number of hydrogen-bond donors (Lipinski definition) is 3. The average Bonchev–Trinajstić information content (AvgIpc) is 3.51. The zero-order valence-corrected chi connectivity index (χ0v) is 18.1. The minimum Gasteiger partial charge on any atom is -0.497 e. The molecule has 0 radical (unpaired) electrons. The van der Waals surface area contributed by atoms with Crippen LogP contribution in [0.5, 0.6) is 5.75 Å². The fraction of sp³-hybridized carbons (Fsp3) is 0.0476. The van der Waals surface area contributed by atoms with E-state index in [0.717, 1.165) is 21.6 Å². The second kappa shape index (κ2) is 7.52. The molecule has 0 bridgehead atoms. The van der Waals surface area contributed by atoms with Crippen molar-refractivity contribution >= 4 is 65.7 Å². The fourth-order valence-corrected chi connectivity index (χ4v) is 5.25. The normalized spacial score (nSPS) is 11.0. The SMILES string of the molecule is COc1ccc2nc(NC(=O)c3sc4nc(N)c(C#N)c(-c5ccco5)c4c3N)sc2c1. The molecule has 4 heterocycles. The number of nitrogens with two attached hydrogens (primary N) is 2. The number of methoxy groups -OCH3 is 1. The van der Waals surface area contributed by atoms with Crippen LogP contribution in [-0.2, 0) is 0 Å². The molecular formula is C21H14N6O3S2. The maximum absolute atomic E-state index is 13.1. The van der Waals surface area contributed by atoms with Crippen molar-refractivity contribution in [1.29, 1.82) is 5.26 Å². The monoisotopic (exact) mass is 462 g/mol. The van der Waals surface area contributed by atoms with Gasteiger partial charge in [-0.2, -0.15) is 5.26 Å². The predicted molar refractivity (Wildman–Crippen MR) is 125 cm³/mol. The van der Waals surface area contributed by atoms with Crippen molar-refractivity contribution in [2.24, 2.45) is 0 Å². The summed E-state index contributed by atoms with van der Waals surface area (Å²) in [6.07, 6.45) is 1.48. The van der Waals surface area contributed by atoms with Gasteiger partial charge in [0.1, 0.15) is 38.7 Å². The zero-order valence-electron chi connectivity index (χ0n) is 16.5. The van der Waals surface area contributed by atoms with Crippen LogP contribution in [0.25, 0.3) is 31.8 Å². The van der Waals surface area contributed by atoms with Crippen LogP contribution in [0.15, 0.2) is 41.0 Å². The minimum atomic E-state index is -0.431. The van der Waals surface area contributed by atoms with Crippen molar-refractivity contribution < 1.29 is 13.9 Å². The summed E-state index contributed by atoms with van der Waals surface area (Å²) < 4.78 is 11.6. The van der Waals surface area contributed by atoms with Gasteiger partial charge < -0.3 is 20.6 Å². The number of amides is 1. The third kappa shape index (κ3) is 3.09. The van der Waals surface area contributed by atoms with Gasteiger partial charge in [0.15, 0.2) is 5.13 Å². The Hall–Kier alpha value is -4.14. The van der Waals surface area contributed by atoms with Crippen LogP contribution in [0, 0.1) is 11.3 Å². The average molecular weight is 463 g/mol. The molecule has 0 fully saturated rings. The van der Waals surface area contributed by atoms with Crippen molar-refractivity contribution in [2.75, 3.05) is 23.9 Å². The van der Waals surface area contributed by atoms with Gasteiger partial charge >= 0.3 is 0 Å². The number of thiophene rings is 1. The first kappa shape index (κ1) is 19.8. The number of carbonyl (C=O) groups is 1. The molecule has 9 nitrogen and oxygen atoms in total. The van der Waals surface area contributed by atoms with E-state index < -0.39 is 5.91 Å². The second-order valence-corrected chi connectivity index (χ2v) is 8.70. The lowest BCUT2D eigenvalue weighted by Crippen LogP contribution is -2.11. The minimum absolute atomic E-state index is 0.0414. The number of nitrogen functional groups attached to an aromatic ring is 2. The highest BCUT2D eigenvalue weighted by atomic mass is 32.1. The topological polar surface area (TPSA) is 153 Å². The van der Waals surface area contributed by atoms with E-state index in [1.54, 1.807) is 25.3 Å². The molecule has 5 rings (SSSR count). The second-order valence-electron chi connectivity index (χ2n) is 6.67. The molecular weight excluding hydrogens is 448 g/mol. The van der Waals surface area contributed by atoms with E-state index in [4.69, 9.17) is 20.6 Å². The number of benzene rings is 1. The Morgan fingerprint density at radius 1 is 1.25 bits per heavy atom. The Labute approximate surface area is 188 Å². The smallest absolute Gasteiger partial charge is 0.269 e. The summed E-state index contributed by atoms with van der Waals surface area (Å²) in [5.41, 5.74) is 13.9. The molecule has 4 aromatic heterocycles. The molecule has 0 saturated carbocycles. The van der Waals surface area contributed by atoms with Crippen LogP contribution in [0.1, 0.15) is 15.2 Å². The molecule has 0 saturated heterocycles. The molecule has 0 aliphatic heterocycles. The number of pyridine rings is 1. The number of nitriles is 1. The summed E-state index contributed by atoms with van der Waals surface area (Å²) in [6, 6.07) is 10.9. The number of rotatable bonds is 4. The number of fused-ring (bicyclic) bond motifs is 2. The first-order chi connectivity index (χ1) is 15.5. The molecule has 5 N–H and O–H groups in total. The molecule has 0 aliphatic rings. The van der Waals surface area contributed by atoms with E-state index in [0.29, 0.717) is 32.4 Å². The Bertz CT molecular complexity index is 1550. The number of thiazole rings is 1. The van der Waals surface area contributed by atoms with Gasteiger partial charge in [-0.25, -0.2) is 9.97 Å². The fourth-order valence-electron chi connectivity index (χ4n) is 3.36. The lowest BCUT2D eigenvalue weighted by molar-refractivity contribution is 0.103. The van der Waals surface area contributed by atoms with E-state index in [9.17, 15) is 10.1 Å². The van der Waals surface area contributed by atoms with Gasteiger partial charge in [-0.05, 0) is 30.3 Å². The molecule has 5 aromatic rings. The van der Waals surface area contributed by atoms with Gasteiger partial charge in [-0.15, -0.1) is 11.3 Å². The first-order valence-electron chi connectivity index (χ1n) is 9.21. The van der Waals surface area contributed by atoms with Crippen molar-refractivity contribution in [3.63, 3.8) is 0 Å². The Balaban J connectivity index is 1.59. The van der Waals surface area contributed by atoms with Crippen LogP contribution in [0.3, 0.4) is 0 Å². The Morgan fingerprint density at radius 2 is 2.09 bits per heavy atom. The van der Waals surface area contributed by atoms with Gasteiger partial charge in [-0.1, -0.05) is 11.3 Å². The first-order valence-corrected chi connectivity index (χ1v) is 10.8. The number of nitrogens with one attached hydrogen (secondary N) is 1. The summed E-state index contributed by atoms with van der Waals surface area (Å²) in [6.45, 7) is 0. The molecule has 158 valence electrons. The number of anilines is 3. The van der Waals surface area contributed by atoms with Crippen LogP contribution in [0.2, 0.25) is 0 Å². The number of furan rings is 1. The van der Waals surface area contributed by atoms with E-state index in [2.05, 4.69) is 21.4 Å². The number of nitrogens with zero attached hydrogens (tertiary/aromatic N) is 3. The maximum atomic E-state index is 13.1. The quantitative estimate of drug-likeness (QED) is 0.354. The summed E-state index contributed by atoms with van der Waals surface area (Å²) >= 11 is 2.41. The molecule has 32 heavy (non-hydrogen) atoms. The van der Waals surface area contributed by atoms with E-state index in [-0.39, 0.29) is 21.9 Å². The largest absolute Gasteiger partial charge is 0.497 e. The molecule has 11 heteroatoms. The standard InChI is InChI=1S/C21H14N6O3S2/c1-29-9-4-5-11-13(7-9)31-21(25-11)27-19(28)17-16(23)15-14(12-3-2-6-30-12)10(8-22)18(24)26-20(15)32-17/h2-7H,23H2,1H3,(H2,24,26)(H,25,27,28). The number of aromatic nitrogens is 2. The van der Waals surface area contributed by atoms with E-state index in [1.807, 2.05) is 12.1 Å². The molecule has 0 spiro atoms. The zero-order chi connectivity index (χ0) is 22.4.